The Morgan fingerprint density at radius 1 is 1.53 bits per heavy atom. The summed E-state index contributed by atoms with van der Waals surface area (Å²) in [5.41, 5.74) is 1.91. The summed E-state index contributed by atoms with van der Waals surface area (Å²) in [7, 11) is 0. The Bertz CT molecular complexity index is 357. The number of aromatic nitrogens is 2. The van der Waals surface area contributed by atoms with E-state index < -0.39 is 0 Å². The van der Waals surface area contributed by atoms with Gasteiger partial charge < -0.3 is 0 Å². The number of rotatable bonds is 5. The Morgan fingerprint density at radius 2 is 2.27 bits per heavy atom. The minimum Gasteiger partial charge on any atom is -0.268 e. The fraction of sp³-hybridized carbons (Fsp3) is 0.667. The summed E-state index contributed by atoms with van der Waals surface area (Å²) in [5, 5.41) is 6.58. The molecule has 3 nitrogen and oxygen atoms in total. The van der Waals surface area contributed by atoms with Gasteiger partial charge in [0.1, 0.15) is 0 Å². The maximum Gasteiger partial charge on any atom is 0.264 e. The van der Waals surface area contributed by atoms with Crippen LogP contribution in [0.5, 0.6) is 0 Å². The normalized spacial score (nSPS) is 12.7. The van der Waals surface area contributed by atoms with Crippen LogP contribution in [0.3, 0.4) is 0 Å². The predicted molar refractivity (Wildman–Crippen MR) is 62.0 cm³/mol. The highest BCUT2D eigenvalue weighted by Gasteiger charge is 2.07. The lowest BCUT2D eigenvalue weighted by Crippen LogP contribution is -2.12. The van der Waals surface area contributed by atoms with Gasteiger partial charge in [-0.15, -0.1) is 0 Å². The van der Waals surface area contributed by atoms with Crippen molar-refractivity contribution in [2.24, 2.45) is 5.92 Å². The SMILES string of the molecule is CCCCC(C)Cc1n[nH]c(=O)cc1C. The number of nitrogens with zero attached hydrogens (tertiary/aromatic N) is 1. The van der Waals surface area contributed by atoms with Crippen LogP contribution >= 0.6 is 0 Å². The molecule has 1 aromatic rings. The summed E-state index contributed by atoms with van der Waals surface area (Å²) in [6.07, 6.45) is 4.70. The van der Waals surface area contributed by atoms with Crippen LogP contribution in [0.2, 0.25) is 0 Å². The van der Waals surface area contributed by atoms with E-state index in [1.807, 2.05) is 6.92 Å². The first kappa shape index (κ1) is 12.0. The van der Waals surface area contributed by atoms with Crippen LogP contribution in [0, 0.1) is 12.8 Å². The molecule has 0 aliphatic carbocycles. The molecule has 0 aliphatic heterocycles. The molecule has 0 bridgehead atoms. The maximum absolute atomic E-state index is 11.0. The van der Waals surface area contributed by atoms with Gasteiger partial charge in [0.05, 0.1) is 5.69 Å². The molecule has 15 heavy (non-hydrogen) atoms. The van der Waals surface area contributed by atoms with Crippen molar-refractivity contribution in [3.05, 3.63) is 27.7 Å². The topological polar surface area (TPSA) is 45.8 Å². The summed E-state index contributed by atoms with van der Waals surface area (Å²) in [5.74, 6) is 0.641. The Kier molecular flexibility index (Phi) is 4.53. The highest BCUT2D eigenvalue weighted by atomic mass is 16.1. The number of aryl methyl sites for hydroxylation is 1. The molecule has 1 aromatic heterocycles. The molecule has 1 heterocycles. The number of unbranched alkanes of at least 4 members (excludes halogenated alkanes) is 1. The molecular formula is C12H20N2O. The lowest BCUT2D eigenvalue weighted by molar-refractivity contribution is 0.494. The molecule has 0 spiro atoms. The van der Waals surface area contributed by atoms with E-state index in [0.29, 0.717) is 5.92 Å². The Hall–Kier alpha value is -1.12. The Labute approximate surface area is 90.9 Å². The van der Waals surface area contributed by atoms with Crippen LogP contribution in [0.15, 0.2) is 10.9 Å². The molecule has 1 N–H and O–H groups in total. The van der Waals surface area contributed by atoms with Crippen LogP contribution in [-0.4, -0.2) is 10.2 Å². The monoisotopic (exact) mass is 208 g/mol. The van der Waals surface area contributed by atoms with E-state index in [2.05, 4.69) is 24.0 Å². The summed E-state index contributed by atoms with van der Waals surface area (Å²) < 4.78 is 0. The van der Waals surface area contributed by atoms with E-state index in [0.717, 1.165) is 17.7 Å². The van der Waals surface area contributed by atoms with Crippen molar-refractivity contribution in [2.45, 2.75) is 46.5 Å². The van der Waals surface area contributed by atoms with Crippen molar-refractivity contribution in [3.8, 4) is 0 Å². The minimum atomic E-state index is -0.113. The molecule has 3 heteroatoms. The van der Waals surface area contributed by atoms with E-state index >= 15 is 0 Å². The summed E-state index contributed by atoms with van der Waals surface area (Å²) in [6.45, 7) is 6.39. The lowest BCUT2D eigenvalue weighted by atomic mass is 9.97. The summed E-state index contributed by atoms with van der Waals surface area (Å²) >= 11 is 0. The number of hydrogen-bond acceptors (Lipinski definition) is 2. The molecule has 0 aliphatic rings. The van der Waals surface area contributed by atoms with E-state index in [9.17, 15) is 4.79 Å². The van der Waals surface area contributed by atoms with Gasteiger partial charge in [-0.2, -0.15) is 5.10 Å². The molecule has 0 aromatic carbocycles. The van der Waals surface area contributed by atoms with Crippen molar-refractivity contribution in [1.29, 1.82) is 0 Å². The predicted octanol–water partition coefficient (Wildman–Crippen LogP) is 2.45. The van der Waals surface area contributed by atoms with Crippen molar-refractivity contribution >= 4 is 0 Å². The third-order valence-electron chi connectivity index (χ3n) is 2.70. The van der Waals surface area contributed by atoms with E-state index in [-0.39, 0.29) is 5.56 Å². The van der Waals surface area contributed by atoms with Crippen LogP contribution in [0.4, 0.5) is 0 Å². The standard InChI is InChI=1S/C12H20N2O/c1-4-5-6-9(2)7-11-10(3)8-12(15)14-13-11/h8-9H,4-7H2,1-3H3,(H,14,15). The largest absolute Gasteiger partial charge is 0.268 e. The first-order valence-electron chi connectivity index (χ1n) is 5.68. The van der Waals surface area contributed by atoms with E-state index in [4.69, 9.17) is 0 Å². The van der Waals surface area contributed by atoms with Crippen molar-refractivity contribution in [2.75, 3.05) is 0 Å². The van der Waals surface area contributed by atoms with Crippen molar-refractivity contribution in [3.63, 3.8) is 0 Å². The van der Waals surface area contributed by atoms with Crippen molar-refractivity contribution in [1.82, 2.24) is 10.2 Å². The van der Waals surface area contributed by atoms with Crippen LogP contribution in [0.1, 0.15) is 44.4 Å². The Balaban J connectivity index is 2.60. The third-order valence-corrected chi connectivity index (χ3v) is 2.70. The van der Waals surface area contributed by atoms with Crippen LogP contribution in [-0.2, 0) is 6.42 Å². The molecule has 0 saturated carbocycles. The molecule has 1 unspecified atom stereocenters. The number of aromatic amines is 1. The van der Waals surface area contributed by atoms with Crippen molar-refractivity contribution < 1.29 is 0 Å². The molecule has 1 atom stereocenters. The summed E-state index contributed by atoms with van der Waals surface area (Å²) in [6, 6.07) is 1.62. The zero-order valence-corrected chi connectivity index (χ0v) is 9.84. The molecule has 0 saturated heterocycles. The second-order valence-corrected chi connectivity index (χ2v) is 4.31. The van der Waals surface area contributed by atoms with Gasteiger partial charge in [0, 0.05) is 6.07 Å². The lowest BCUT2D eigenvalue weighted by Gasteiger charge is -2.10. The highest BCUT2D eigenvalue weighted by Crippen LogP contribution is 2.14. The van der Waals surface area contributed by atoms with Gasteiger partial charge in [0.2, 0.25) is 0 Å². The van der Waals surface area contributed by atoms with E-state index in [1.165, 1.54) is 19.3 Å². The fourth-order valence-corrected chi connectivity index (χ4v) is 1.71. The van der Waals surface area contributed by atoms with Crippen LogP contribution in [0.25, 0.3) is 0 Å². The van der Waals surface area contributed by atoms with Gasteiger partial charge in [0.25, 0.3) is 5.56 Å². The Morgan fingerprint density at radius 3 is 2.87 bits per heavy atom. The minimum absolute atomic E-state index is 0.113. The molecular weight excluding hydrogens is 188 g/mol. The first-order chi connectivity index (χ1) is 7.13. The van der Waals surface area contributed by atoms with Gasteiger partial charge in [-0.1, -0.05) is 33.1 Å². The number of nitrogens with one attached hydrogen (secondary N) is 1. The summed E-state index contributed by atoms with van der Waals surface area (Å²) in [4.78, 5) is 11.0. The number of hydrogen-bond donors (Lipinski definition) is 1. The third kappa shape index (κ3) is 3.86. The average molecular weight is 208 g/mol. The van der Waals surface area contributed by atoms with E-state index in [1.54, 1.807) is 6.07 Å². The second-order valence-electron chi connectivity index (χ2n) is 4.31. The van der Waals surface area contributed by atoms with Gasteiger partial charge in [0.15, 0.2) is 0 Å². The molecule has 84 valence electrons. The first-order valence-corrected chi connectivity index (χ1v) is 5.68. The van der Waals surface area contributed by atoms with Gasteiger partial charge in [-0.25, -0.2) is 5.10 Å². The number of H-pyrrole nitrogens is 1. The van der Waals surface area contributed by atoms with Gasteiger partial charge >= 0.3 is 0 Å². The molecule has 0 amide bonds. The molecule has 0 radical (unpaired) electrons. The zero-order chi connectivity index (χ0) is 11.3. The molecule has 0 fully saturated rings. The molecule has 1 rings (SSSR count). The maximum atomic E-state index is 11.0. The average Bonchev–Trinajstić information content (AvgIpc) is 2.19. The zero-order valence-electron chi connectivity index (χ0n) is 9.84. The van der Waals surface area contributed by atoms with Crippen LogP contribution < -0.4 is 5.56 Å². The van der Waals surface area contributed by atoms with Gasteiger partial charge in [-0.05, 0) is 24.8 Å². The fourth-order valence-electron chi connectivity index (χ4n) is 1.71. The highest BCUT2D eigenvalue weighted by molar-refractivity contribution is 5.15. The van der Waals surface area contributed by atoms with Gasteiger partial charge in [-0.3, -0.25) is 4.79 Å². The second kappa shape index (κ2) is 5.69. The smallest absolute Gasteiger partial charge is 0.264 e. The quantitative estimate of drug-likeness (QED) is 0.807.